The third-order valence-corrected chi connectivity index (χ3v) is 3.80. The van der Waals surface area contributed by atoms with Gasteiger partial charge in [0.25, 0.3) is 5.56 Å². The van der Waals surface area contributed by atoms with Crippen LogP contribution in [0.3, 0.4) is 0 Å². The molecule has 0 aromatic carbocycles. The molecule has 0 saturated heterocycles. The molecule has 2 N–H and O–H groups in total. The van der Waals surface area contributed by atoms with E-state index >= 15 is 0 Å². The highest BCUT2D eigenvalue weighted by Crippen LogP contribution is 2.25. The van der Waals surface area contributed by atoms with Crippen LogP contribution in [0.1, 0.15) is 19.8 Å². The second-order valence-electron chi connectivity index (χ2n) is 5.40. The molecule has 0 spiro atoms. The third kappa shape index (κ3) is 2.85. The van der Waals surface area contributed by atoms with Crippen molar-refractivity contribution in [2.45, 2.75) is 39.0 Å². The van der Waals surface area contributed by atoms with Crippen molar-refractivity contribution >= 4 is 22.7 Å². The Morgan fingerprint density at radius 1 is 1.45 bits per heavy atom. The van der Waals surface area contributed by atoms with Crippen molar-refractivity contribution in [3.63, 3.8) is 0 Å². The fourth-order valence-corrected chi connectivity index (χ4v) is 2.54. The highest BCUT2D eigenvalue weighted by Gasteiger charge is 2.22. The predicted octanol–water partition coefficient (Wildman–Crippen LogP) is 2.09. The fraction of sp³-hybridized carbons (Fsp3) is 0.467. The standard InChI is InChI=1S/C15H19N3O4/c1-2-17-6-5-12-13(14(17)19)11(16-15(20)21)9-18(12)7-8-22-10-3-4-10/h5-6,9-10,16H,2-4,7-8H2,1H3,(H,20,21). The van der Waals surface area contributed by atoms with Crippen LogP contribution in [0.4, 0.5) is 10.5 Å². The number of hydrogen-bond acceptors (Lipinski definition) is 3. The molecule has 1 amide bonds. The van der Waals surface area contributed by atoms with E-state index in [0.29, 0.717) is 36.9 Å². The van der Waals surface area contributed by atoms with Crippen molar-refractivity contribution in [1.82, 2.24) is 9.13 Å². The molecule has 1 fully saturated rings. The molecule has 1 saturated carbocycles. The number of rotatable bonds is 6. The van der Waals surface area contributed by atoms with E-state index in [9.17, 15) is 9.59 Å². The molecule has 3 rings (SSSR count). The number of carbonyl (C=O) groups is 1. The lowest BCUT2D eigenvalue weighted by molar-refractivity contribution is 0.113. The summed E-state index contributed by atoms with van der Waals surface area (Å²) >= 11 is 0. The van der Waals surface area contributed by atoms with Gasteiger partial charge in [0, 0.05) is 25.5 Å². The molecule has 7 nitrogen and oxygen atoms in total. The molecule has 0 radical (unpaired) electrons. The number of pyridine rings is 1. The average Bonchev–Trinajstić information content (AvgIpc) is 3.22. The summed E-state index contributed by atoms with van der Waals surface area (Å²) in [6.45, 7) is 3.55. The Kier molecular flexibility index (Phi) is 3.89. The first kappa shape index (κ1) is 14.6. The molecule has 0 atom stereocenters. The maximum Gasteiger partial charge on any atom is 0.409 e. The van der Waals surface area contributed by atoms with Crippen LogP contribution in [0, 0.1) is 0 Å². The van der Waals surface area contributed by atoms with Crippen molar-refractivity contribution in [3.8, 4) is 0 Å². The lowest BCUT2D eigenvalue weighted by Gasteiger charge is -2.07. The summed E-state index contributed by atoms with van der Waals surface area (Å²) in [4.78, 5) is 23.4. The summed E-state index contributed by atoms with van der Waals surface area (Å²) in [7, 11) is 0. The molecule has 0 unspecified atom stereocenters. The Balaban J connectivity index is 1.98. The Bertz CT molecular complexity index is 758. The zero-order valence-corrected chi connectivity index (χ0v) is 12.4. The van der Waals surface area contributed by atoms with Crippen LogP contribution in [0.2, 0.25) is 0 Å². The third-order valence-electron chi connectivity index (χ3n) is 3.80. The predicted molar refractivity (Wildman–Crippen MR) is 82.5 cm³/mol. The van der Waals surface area contributed by atoms with Crippen LogP contribution in [0.5, 0.6) is 0 Å². The molecule has 1 aliphatic rings. The Hall–Kier alpha value is -2.28. The summed E-state index contributed by atoms with van der Waals surface area (Å²) in [6.07, 6.45) is 4.80. The number of nitrogens with one attached hydrogen (secondary N) is 1. The number of nitrogens with zero attached hydrogens (tertiary/aromatic N) is 2. The minimum atomic E-state index is -1.18. The van der Waals surface area contributed by atoms with Gasteiger partial charge in [0.15, 0.2) is 0 Å². The molecule has 0 bridgehead atoms. The number of anilines is 1. The lowest BCUT2D eigenvalue weighted by Crippen LogP contribution is -2.19. The second kappa shape index (κ2) is 5.84. The van der Waals surface area contributed by atoms with Crippen LogP contribution in [-0.2, 0) is 17.8 Å². The van der Waals surface area contributed by atoms with Gasteiger partial charge in [0.2, 0.25) is 0 Å². The molecule has 7 heteroatoms. The number of carboxylic acid groups (broad SMARTS) is 1. The van der Waals surface area contributed by atoms with E-state index in [1.54, 1.807) is 17.0 Å². The molecule has 1 aliphatic carbocycles. The molecule has 118 valence electrons. The molecule has 2 heterocycles. The maximum absolute atomic E-state index is 12.5. The summed E-state index contributed by atoms with van der Waals surface area (Å²) in [5.74, 6) is 0. The smallest absolute Gasteiger partial charge is 0.409 e. The van der Waals surface area contributed by atoms with Crippen LogP contribution in [0.25, 0.3) is 10.9 Å². The van der Waals surface area contributed by atoms with Gasteiger partial charge in [0.1, 0.15) is 0 Å². The number of aryl methyl sites for hydroxylation is 1. The van der Waals surface area contributed by atoms with E-state index in [1.165, 1.54) is 0 Å². The zero-order chi connectivity index (χ0) is 15.7. The average molecular weight is 305 g/mol. The van der Waals surface area contributed by atoms with Crippen LogP contribution in [-0.4, -0.2) is 33.0 Å². The van der Waals surface area contributed by atoms with Gasteiger partial charge in [-0.1, -0.05) is 0 Å². The maximum atomic E-state index is 12.5. The van der Waals surface area contributed by atoms with Crippen LogP contribution < -0.4 is 10.9 Å². The summed E-state index contributed by atoms with van der Waals surface area (Å²) in [6, 6.07) is 1.84. The summed E-state index contributed by atoms with van der Waals surface area (Å²) < 4.78 is 9.05. The topological polar surface area (TPSA) is 85.5 Å². The Labute approximate surface area is 127 Å². The van der Waals surface area contributed by atoms with E-state index in [0.717, 1.165) is 18.4 Å². The number of hydrogen-bond donors (Lipinski definition) is 2. The van der Waals surface area contributed by atoms with Gasteiger partial charge in [-0.2, -0.15) is 0 Å². The number of amides is 1. The van der Waals surface area contributed by atoms with Crippen molar-refractivity contribution in [2.75, 3.05) is 11.9 Å². The normalized spacial score (nSPS) is 14.4. The summed E-state index contributed by atoms with van der Waals surface area (Å²) in [5, 5.41) is 11.7. The van der Waals surface area contributed by atoms with Gasteiger partial charge in [-0.05, 0) is 25.8 Å². The highest BCUT2D eigenvalue weighted by atomic mass is 16.5. The monoisotopic (exact) mass is 305 g/mol. The van der Waals surface area contributed by atoms with E-state index < -0.39 is 6.09 Å². The van der Waals surface area contributed by atoms with E-state index in [-0.39, 0.29) is 5.56 Å². The molecule has 0 aliphatic heterocycles. The van der Waals surface area contributed by atoms with Crippen LogP contribution >= 0.6 is 0 Å². The van der Waals surface area contributed by atoms with Crippen LogP contribution in [0.15, 0.2) is 23.3 Å². The minimum absolute atomic E-state index is 0.189. The number of fused-ring (bicyclic) bond motifs is 1. The highest BCUT2D eigenvalue weighted by molar-refractivity contribution is 5.98. The van der Waals surface area contributed by atoms with Crippen molar-refractivity contribution in [3.05, 3.63) is 28.8 Å². The largest absolute Gasteiger partial charge is 0.465 e. The van der Waals surface area contributed by atoms with E-state index in [4.69, 9.17) is 9.84 Å². The van der Waals surface area contributed by atoms with Crippen molar-refractivity contribution in [2.24, 2.45) is 0 Å². The molecular weight excluding hydrogens is 286 g/mol. The fourth-order valence-electron chi connectivity index (χ4n) is 2.54. The van der Waals surface area contributed by atoms with Gasteiger partial charge in [-0.3, -0.25) is 10.1 Å². The molecule has 2 aromatic rings. The van der Waals surface area contributed by atoms with Gasteiger partial charge in [-0.15, -0.1) is 0 Å². The van der Waals surface area contributed by atoms with E-state index in [2.05, 4.69) is 5.32 Å². The minimum Gasteiger partial charge on any atom is -0.465 e. The Morgan fingerprint density at radius 3 is 2.86 bits per heavy atom. The molecule has 22 heavy (non-hydrogen) atoms. The first-order chi connectivity index (χ1) is 10.6. The molecular formula is C15H19N3O4. The van der Waals surface area contributed by atoms with Gasteiger partial charge >= 0.3 is 6.09 Å². The van der Waals surface area contributed by atoms with Gasteiger partial charge < -0.3 is 19.0 Å². The second-order valence-corrected chi connectivity index (χ2v) is 5.40. The lowest BCUT2D eigenvalue weighted by atomic mass is 10.3. The van der Waals surface area contributed by atoms with Gasteiger partial charge in [0.05, 0.1) is 29.3 Å². The van der Waals surface area contributed by atoms with Crippen molar-refractivity contribution in [1.29, 1.82) is 0 Å². The Morgan fingerprint density at radius 2 is 2.23 bits per heavy atom. The first-order valence-corrected chi connectivity index (χ1v) is 7.44. The zero-order valence-electron chi connectivity index (χ0n) is 12.4. The quantitative estimate of drug-likeness (QED) is 0.855. The number of aromatic nitrogens is 2. The SMILES string of the molecule is CCn1ccc2c(c(NC(=O)O)cn2CCOC2CC2)c1=O. The first-order valence-electron chi connectivity index (χ1n) is 7.44. The van der Waals surface area contributed by atoms with E-state index in [1.807, 2.05) is 17.6 Å². The van der Waals surface area contributed by atoms with Gasteiger partial charge in [-0.25, -0.2) is 4.79 Å². The summed E-state index contributed by atoms with van der Waals surface area (Å²) in [5.41, 5.74) is 0.852. The molecule has 2 aromatic heterocycles. The number of ether oxygens (including phenoxy) is 1. The van der Waals surface area contributed by atoms with Crippen molar-refractivity contribution < 1.29 is 14.6 Å².